The van der Waals surface area contributed by atoms with E-state index in [0.717, 1.165) is 11.1 Å². The van der Waals surface area contributed by atoms with E-state index in [0.29, 0.717) is 11.5 Å². The van der Waals surface area contributed by atoms with Crippen molar-refractivity contribution < 1.29 is 29.2 Å². The number of carboxylic acid groups (broad SMARTS) is 1. The first-order valence-electron chi connectivity index (χ1n) is 11.8. The normalized spacial score (nSPS) is 11.5. The number of hydrogen-bond donors (Lipinski definition) is 3. The number of nitrogens with one attached hydrogen (secondary N) is 2. The van der Waals surface area contributed by atoms with E-state index in [1.807, 2.05) is 31.2 Å². The fraction of sp³-hybridized carbons (Fsp3) is 0.185. The molecule has 2 aromatic heterocycles. The van der Waals surface area contributed by atoms with Crippen molar-refractivity contribution in [2.24, 2.45) is 0 Å². The second kappa shape index (κ2) is 11.4. The minimum atomic E-state index is -1.19. The Bertz CT molecular complexity index is 1580. The van der Waals surface area contributed by atoms with Gasteiger partial charge in [0.2, 0.25) is 0 Å². The molecule has 0 aliphatic rings. The van der Waals surface area contributed by atoms with Gasteiger partial charge < -0.3 is 20.5 Å². The molecule has 3 N–H and O–H groups in total. The highest BCUT2D eigenvalue weighted by Gasteiger charge is 2.24. The number of aliphatic carboxylic acids is 1. The summed E-state index contributed by atoms with van der Waals surface area (Å²) in [4.78, 5) is 52.3. The summed E-state index contributed by atoms with van der Waals surface area (Å²) in [7, 11) is 1.28. The number of nitrogens with zero attached hydrogens (tertiary/aromatic N) is 3. The number of esters is 1. The molecule has 12 heteroatoms. The summed E-state index contributed by atoms with van der Waals surface area (Å²) < 4.78 is 6.36. The zero-order chi connectivity index (χ0) is 28.1. The minimum Gasteiger partial charge on any atom is -0.481 e. The van der Waals surface area contributed by atoms with Gasteiger partial charge in [0.05, 0.1) is 30.1 Å². The second-order valence-electron chi connectivity index (χ2n) is 8.70. The molecule has 1 amide bonds. The number of anilines is 1. The minimum absolute atomic E-state index is 0.137. The van der Waals surface area contributed by atoms with Crippen molar-refractivity contribution in [1.82, 2.24) is 14.7 Å². The number of amides is 1. The van der Waals surface area contributed by atoms with E-state index in [9.17, 15) is 29.6 Å². The number of aryl methyl sites for hydroxylation is 1. The van der Waals surface area contributed by atoms with Crippen molar-refractivity contribution in [2.75, 3.05) is 19.0 Å². The molecule has 2 aromatic carbocycles. The number of imidazole rings is 1. The lowest BCUT2D eigenvalue weighted by Crippen LogP contribution is -2.30. The molecule has 2 heterocycles. The van der Waals surface area contributed by atoms with E-state index >= 15 is 0 Å². The number of carboxylic acids is 1. The van der Waals surface area contributed by atoms with Crippen molar-refractivity contribution in [2.45, 2.75) is 19.4 Å². The largest absolute Gasteiger partial charge is 0.481 e. The fourth-order valence-electron chi connectivity index (χ4n) is 4.15. The smallest absolute Gasteiger partial charge is 0.325 e. The Morgan fingerprint density at radius 1 is 1.13 bits per heavy atom. The third-order valence-electron chi connectivity index (χ3n) is 5.98. The van der Waals surface area contributed by atoms with Crippen molar-refractivity contribution in [3.8, 4) is 11.3 Å². The van der Waals surface area contributed by atoms with Crippen LogP contribution >= 0.6 is 0 Å². The summed E-state index contributed by atoms with van der Waals surface area (Å²) in [5.41, 5.74) is 2.66. The molecule has 0 saturated carbocycles. The molecule has 0 aliphatic heterocycles. The molecule has 39 heavy (non-hydrogen) atoms. The quantitative estimate of drug-likeness (QED) is 0.157. The molecule has 1 atom stereocenters. The molecule has 4 rings (SSSR count). The van der Waals surface area contributed by atoms with E-state index in [2.05, 4.69) is 10.6 Å². The van der Waals surface area contributed by atoms with E-state index < -0.39 is 35.2 Å². The van der Waals surface area contributed by atoms with E-state index in [4.69, 9.17) is 9.72 Å². The number of nitro groups is 1. The lowest BCUT2D eigenvalue weighted by molar-refractivity contribution is -0.384. The van der Waals surface area contributed by atoms with Gasteiger partial charge in [-0.1, -0.05) is 35.9 Å². The summed E-state index contributed by atoms with van der Waals surface area (Å²) in [5, 5.41) is 26.4. The molecule has 0 fully saturated rings. The maximum atomic E-state index is 13.5. The fourth-order valence-corrected chi connectivity index (χ4v) is 4.15. The van der Waals surface area contributed by atoms with Gasteiger partial charge in [-0.3, -0.25) is 28.9 Å². The van der Waals surface area contributed by atoms with Crippen molar-refractivity contribution in [1.29, 1.82) is 0 Å². The SMILES string of the molecule is COC(=O)CNc1c(-c2cccc(C)c2)nc2c(C(=O)NC(CC(=O)O)c3cccc([N+](=O)[O-])c3)cccn12. The Labute approximate surface area is 222 Å². The van der Waals surface area contributed by atoms with Gasteiger partial charge in [0.15, 0.2) is 5.65 Å². The highest BCUT2D eigenvalue weighted by Crippen LogP contribution is 2.31. The van der Waals surface area contributed by atoms with Gasteiger partial charge in [-0.05, 0) is 30.7 Å². The Morgan fingerprint density at radius 3 is 2.59 bits per heavy atom. The molecule has 0 spiro atoms. The van der Waals surface area contributed by atoms with Gasteiger partial charge in [0.1, 0.15) is 18.1 Å². The summed E-state index contributed by atoms with van der Waals surface area (Å²) in [6.07, 6.45) is 1.18. The van der Waals surface area contributed by atoms with Gasteiger partial charge in [-0.25, -0.2) is 4.98 Å². The molecule has 0 bridgehead atoms. The number of methoxy groups -OCH3 is 1. The van der Waals surface area contributed by atoms with Gasteiger partial charge in [0.25, 0.3) is 11.6 Å². The standard InChI is InChI=1S/C27H25N5O7/c1-16-6-3-8-18(12-16)24-26(28-15-23(35)39-2)31-11-5-10-20(25(31)30-24)27(36)29-21(14-22(33)34)17-7-4-9-19(13-17)32(37)38/h3-13,21,28H,14-15H2,1-2H3,(H,29,36)(H,33,34). The Morgan fingerprint density at radius 2 is 1.90 bits per heavy atom. The van der Waals surface area contributed by atoms with E-state index in [-0.39, 0.29) is 29.0 Å². The second-order valence-corrected chi connectivity index (χ2v) is 8.70. The maximum Gasteiger partial charge on any atom is 0.325 e. The molecule has 0 saturated heterocycles. The topological polar surface area (TPSA) is 165 Å². The van der Waals surface area contributed by atoms with Crippen LogP contribution in [0.4, 0.5) is 11.5 Å². The van der Waals surface area contributed by atoms with Crippen molar-refractivity contribution in [3.05, 3.63) is 93.7 Å². The summed E-state index contributed by atoms with van der Waals surface area (Å²) in [5.74, 6) is -1.86. The molecule has 0 aliphatic carbocycles. The number of fused-ring (bicyclic) bond motifs is 1. The van der Waals surface area contributed by atoms with Crippen molar-refractivity contribution in [3.63, 3.8) is 0 Å². The van der Waals surface area contributed by atoms with Crippen LogP contribution in [0.2, 0.25) is 0 Å². The van der Waals surface area contributed by atoms with E-state index in [1.54, 1.807) is 16.7 Å². The summed E-state index contributed by atoms with van der Waals surface area (Å²) >= 11 is 0. The number of carbonyl (C=O) groups is 3. The van der Waals surface area contributed by atoms with Crippen LogP contribution in [0.15, 0.2) is 66.9 Å². The average Bonchev–Trinajstić information content (AvgIpc) is 3.29. The Kier molecular flexibility index (Phi) is 7.85. The predicted octanol–water partition coefficient (Wildman–Crippen LogP) is 3.75. The number of non-ortho nitro benzene ring substituents is 1. The van der Waals surface area contributed by atoms with Crippen LogP contribution in [0.1, 0.15) is 33.9 Å². The number of rotatable bonds is 10. The number of carbonyl (C=O) groups excluding carboxylic acids is 2. The first kappa shape index (κ1) is 26.8. The van der Waals surface area contributed by atoms with E-state index in [1.165, 1.54) is 37.4 Å². The molecule has 1 unspecified atom stereocenters. The number of hydrogen-bond acceptors (Lipinski definition) is 8. The highest BCUT2D eigenvalue weighted by atomic mass is 16.6. The first-order valence-corrected chi connectivity index (χ1v) is 11.8. The Balaban J connectivity index is 1.77. The summed E-state index contributed by atoms with van der Waals surface area (Å²) in [6, 6.07) is 15.1. The van der Waals surface area contributed by atoms with Crippen LogP contribution in [-0.2, 0) is 14.3 Å². The van der Waals surface area contributed by atoms with Gasteiger partial charge in [-0.2, -0.15) is 0 Å². The zero-order valence-corrected chi connectivity index (χ0v) is 21.1. The van der Waals surface area contributed by atoms with Gasteiger partial charge >= 0.3 is 11.9 Å². The number of benzene rings is 2. The molecule has 200 valence electrons. The third kappa shape index (κ3) is 6.01. The summed E-state index contributed by atoms with van der Waals surface area (Å²) in [6.45, 7) is 1.78. The zero-order valence-electron chi connectivity index (χ0n) is 21.1. The van der Waals surface area contributed by atoms with Crippen LogP contribution < -0.4 is 10.6 Å². The predicted molar refractivity (Wildman–Crippen MR) is 141 cm³/mol. The van der Waals surface area contributed by atoms with Crippen LogP contribution in [0, 0.1) is 17.0 Å². The highest BCUT2D eigenvalue weighted by molar-refractivity contribution is 6.01. The maximum absolute atomic E-state index is 13.5. The third-order valence-corrected chi connectivity index (χ3v) is 5.98. The molecule has 12 nitrogen and oxygen atoms in total. The Hall–Kier alpha value is -5.26. The number of pyridine rings is 1. The lowest BCUT2D eigenvalue weighted by Gasteiger charge is -2.17. The number of ether oxygens (including phenoxy) is 1. The number of aromatic nitrogens is 2. The van der Waals surface area contributed by atoms with Gasteiger partial charge in [-0.15, -0.1) is 0 Å². The molecular formula is C27H25N5O7. The van der Waals surface area contributed by atoms with Gasteiger partial charge in [0, 0.05) is 23.9 Å². The van der Waals surface area contributed by atoms with Crippen LogP contribution in [0.25, 0.3) is 16.9 Å². The van der Waals surface area contributed by atoms with Crippen LogP contribution in [0.3, 0.4) is 0 Å². The van der Waals surface area contributed by atoms with Crippen LogP contribution in [0.5, 0.6) is 0 Å². The first-order chi connectivity index (χ1) is 18.7. The number of nitro benzene ring substituents is 1. The van der Waals surface area contributed by atoms with Crippen LogP contribution in [-0.4, -0.2) is 50.9 Å². The monoisotopic (exact) mass is 531 g/mol. The lowest BCUT2D eigenvalue weighted by atomic mass is 10.0. The molecule has 0 radical (unpaired) electrons. The average molecular weight is 532 g/mol. The molecular weight excluding hydrogens is 506 g/mol. The van der Waals surface area contributed by atoms with Crippen molar-refractivity contribution >= 4 is 35.0 Å². The molecule has 4 aromatic rings.